The topological polar surface area (TPSA) is 63.2 Å². The zero-order chi connectivity index (χ0) is 14.8. The third kappa shape index (κ3) is 3.21. The second-order valence-electron chi connectivity index (χ2n) is 5.06. The molecule has 1 saturated heterocycles. The second kappa shape index (κ2) is 5.81. The number of rotatable bonds is 3. The van der Waals surface area contributed by atoms with Crippen molar-refractivity contribution >= 4 is 33.8 Å². The highest BCUT2D eigenvalue weighted by molar-refractivity contribution is 8.14. The zero-order valence-corrected chi connectivity index (χ0v) is 12.5. The van der Waals surface area contributed by atoms with Crippen molar-refractivity contribution in [1.29, 1.82) is 0 Å². The Kier molecular flexibility index (Phi) is 3.88. The van der Waals surface area contributed by atoms with E-state index in [1.54, 1.807) is 11.1 Å². The molecule has 0 aliphatic carbocycles. The summed E-state index contributed by atoms with van der Waals surface area (Å²) in [4.78, 5) is 33.8. The number of hydrogen-bond donors (Lipinski definition) is 0. The molecule has 1 aliphatic heterocycles. The van der Waals surface area contributed by atoms with Crippen molar-refractivity contribution in [3.05, 3.63) is 36.2 Å². The molecule has 0 bridgehead atoms. The molecular formula is C15H15N3O2S. The van der Waals surface area contributed by atoms with Crippen molar-refractivity contribution < 1.29 is 9.59 Å². The van der Waals surface area contributed by atoms with Gasteiger partial charge in [0.25, 0.3) is 0 Å². The number of aromatic nitrogens is 2. The largest absolute Gasteiger partial charge is 0.336 e. The average molecular weight is 301 g/mol. The maximum absolute atomic E-state index is 12.0. The Labute approximate surface area is 126 Å². The number of thioether (sulfide) groups is 1. The molecule has 0 saturated carbocycles. The molecule has 3 rings (SSSR count). The van der Waals surface area contributed by atoms with Gasteiger partial charge in [-0.05, 0) is 12.1 Å². The normalized spacial score (nSPS) is 18.4. The van der Waals surface area contributed by atoms with Gasteiger partial charge in [-0.25, -0.2) is 4.98 Å². The SMILES string of the molecule is CC(=O)SC1CC(=O)N(Cc2cnc3ccccc3n2)C1. The Hall–Kier alpha value is -1.95. The van der Waals surface area contributed by atoms with E-state index in [9.17, 15) is 9.59 Å². The van der Waals surface area contributed by atoms with Crippen molar-refractivity contribution in [3.63, 3.8) is 0 Å². The summed E-state index contributed by atoms with van der Waals surface area (Å²) in [5.74, 6) is 0.0729. The van der Waals surface area contributed by atoms with Crippen LogP contribution in [0.25, 0.3) is 11.0 Å². The lowest BCUT2D eigenvalue weighted by Gasteiger charge is -2.15. The molecule has 2 heterocycles. The molecule has 1 unspecified atom stereocenters. The minimum atomic E-state index is 0.0557. The first kappa shape index (κ1) is 14.0. The number of likely N-dealkylation sites (tertiary alicyclic amines) is 1. The van der Waals surface area contributed by atoms with Crippen LogP contribution in [0.2, 0.25) is 0 Å². The summed E-state index contributed by atoms with van der Waals surface area (Å²) in [5.41, 5.74) is 2.45. The molecule has 5 nitrogen and oxygen atoms in total. The molecule has 1 aromatic carbocycles. The van der Waals surface area contributed by atoms with Crippen LogP contribution in [-0.2, 0) is 16.1 Å². The van der Waals surface area contributed by atoms with Gasteiger partial charge in [0.05, 0.1) is 29.5 Å². The standard InChI is InChI=1S/C15H15N3O2S/c1-10(19)21-12-6-15(20)18(9-12)8-11-7-16-13-4-2-3-5-14(13)17-11/h2-5,7,12H,6,8-9H2,1H3. The lowest BCUT2D eigenvalue weighted by Crippen LogP contribution is -2.25. The molecule has 1 aliphatic rings. The summed E-state index contributed by atoms with van der Waals surface area (Å²) in [5, 5.41) is 0.114. The number of carbonyl (C=O) groups is 2. The van der Waals surface area contributed by atoms with Gasteiger partial charge < -0.3 is 4.90 Å². The minimum Gasteiger partial charge on any atom is -0.336 e. The summed E-state index contributed by atoms with van der Waals surface area (Å²) < 4.78 is 0. The molecule has 108 valence electrons. The van der Waals surface area contributed by atoms with Crippen LogP contribution in [-0.4, -0.2) is 37.7 Å². The van der Waals surface area contributed by atoms with Gasteiger partial charge in [0.1, 0.15) is 0 Å². The number of amides is 1. The van der Waals surface area contributed by atoms with E-state index in [1.807, 2.05) is 24.3 Å². The van der Waals surface area contributed by atoms with Crippen LogP contribution in [0.5, 0.6) is 0 Å². The highest BCUT2D eigenvalue weighted by Crippen LogP contribution is 2.25. The predicted octanol–water partition coefficient (Wildman–Crippen LogP) is 2.01. The lowest BCUT2D eigenvalue weighted by molar-refractivity contribution is -0.128. The van der Waals surface area contributed by atoms with Gasteiger partial charge in [-0.1, -0.05) is 23.9 Å². The minimum absolute atomic E-state index is 0.0557. The fourth-order valence-corrected chi connectivity index (χ4v) is 3.42. The van der Waals surface area contributed by atoms with Crippen molar-refractivity contribution in [2.75, 3.05) is 6.54 Å². The average Bonchev–Trinajstić information content (AvgIpc) is 2.77. The third-order valence-corrected chi connectivity index (χ3v) is 4.34. The molecule has 1 atom stereocenters. The van der Waals surface area contributed by atoms with Crippen molar-refractivity contribution in [2.24, 2.45) is 0 Å². The fraction of sp³-hybridized carbons (Fsp3) is 0.333. The van der Waals surface area contributed by atoms with Crippen LogP contribution in [0.15, 0.2) is 30.5 Å². The monoisotopic (exact) mass is 301 g/mol. The van der Waals surface area contributed by atoms with Crippen LogP contribution in [0.1, 0.15) is 19.0 Å². The van der Waals surface area contributed by atoms with Crippen LogP contribution in [0, 0.1) is 0 Å². The van der Waals surface area contributed by atoms with Gasteiger partial charge in [-0.3, -0.25) is 14.6 Å². The molecule has 0 N–H and O–H groups in total. The van der Waals surface area contributed by atoms with Gasteiger partial charge in [-0.2, -0.15) is 0 Å². The lowest BCUT2D eigenvalue weighted by atomic mass is 10.3. The van der Waals surface area contributed by atoms with Gasteiger partial charge >= 0.3 is 0 Å². The van der Waals surface area contributed by atoms with Crippen LogP contribution >= 0.6 is 11.8 Å². The fourth-order valence-electron chi connectivity index (χ4n) is 2.47. The smallest absolute Gasteiger partial charge is 0.224 e. The summed E-state index contributed by atoms with van der Waals surface area (Å²) in [6.45, 7) is 2.58. The summed E-state index contributed by atoms with van der Waals surface area (Å²) in [6, 6.07) is 7.66. The first-order valence-electron chi connectivity index (χ1n) is 6.77. The summed E-state index contributed by atoms with van der Waals surface area (Å²) in [7, 11) is 0. The number of para-hydroxylation sites is 2. The Morgan fingerprint density at radius 3 is 2.90 bits per heavy atom. The van der Waals surface area contributed by atoms with E-state index in [2.05, 4.69) is 9.97 Å². The summed E-state index contributed by atoms with van der Waals surface area (Å²) >= 11 is 1.25. The van der Waals surface area contributed by atoms with Crippen molar-refractivity contribution in [2.45, 2.75) is 25.1 Å². The van der Waals surface area contributed by atoms with E-state index in [0.29, 0.717) is 19.5 Å². The molecule has 1 amide bonds. The van der Waals surface area contributed by atoms with Gasteiger partial charge in [0.15, 0.2) is 5.12 Å². The molecule has 6 heteroatoms. The van der Waals surface area contributed by atoms with E-state index in [4.69, 9.17) is 0 Å². The van der Waals surface area contributed by atoms with Gasteiger partial charge in [0, 0.05) is 25.1 Å². The molecule has 0 spiro atoms. The highest BCUT2D eigenvalue weighted by Gasteiger charge is 2.31. The third-order valence-electron chi connectivity index (χ3n) is 3.36. The van der Waals surface area contributed by atoms with E-state index < -0.39 is 0 Å². The van der Waals surface area contributed by atoms with Crippen molar-refractivity contribution in [1.82, 2.24) is 14.9 Å². The van der Waals surface area contributed by atoms with Crippen LogP contribution in [0.3, 0.4) is 0 Å². The number of hydrogen-bond acceptors (Lipinski definition) is 5. The molecule has 0 radical (unpaired) electrons. The first-order chi connectivity index (χ1) is 10.1. The van der Waals surface area contributed by atoms with Gasteiger partial charge in [0.2, 0.25) is 5.91 Å². The Morgan fingerprint density at radius 1 is 1.38 bits per heavy atom. The molecular weight excluding hydrogens is 286 g/mol. The van der Waals surface area contributed by atoms with Crippen LogP contribution in [0.4, 0.5) is 0 Å². The number of nitrogens with zero attached hydrogens (tertiary/aromatic N) is 3. The van der Waals surface area contributed by atoms with E-state index in [1.165, 1.54) is 18.7 Å². The number of benzene rings is 1. The molecule has 2 aromatic rings. The summed E-state index contributed by atoms with van der Waals surface area (Å²) in [6.07, 6.45) is 2.13. The Bertz CT molecular complexity index is 704. The van der Waals surface area contributed by atoms with E-state index >= 15 is 0 Å². The number of carbonyl (C=O) groups excluding carboxylic acids is 2. The maximum Gasteiger partial charge on any atom is 0.224 e. The van der Waals surface area contributed by atoms with E-state index in [0.717, 1.165) is 16.7 Å². The molecule has 1 fully saturated rings. The van der Waals surface area contributed by atoms with Crippen LogP contribution < -0.4 is 0 Å². The first-order valence-corrected chi connectivity index (χ1v) is 7.65. The molecule has 1 aromatic heterocycles. The zero-order valence-electron chi connectivity index (χ0n) is 11.7. The quantitative estimate of drug-likeness (QED) is 0.868. The Morgan fingerprint density at radius 2 is 2.14 bits per heavy atom. The van der Waals surface area contributed by atoms with E-state index in [-0.39, 0.29) is 16.3 Å². The van der Waals surface area contributed by atoms with Gasteiger partial charge in [-0.15, -0.1) is 0 Å². The highest BCUT2D eigenvalue weighted by atomic mass is 32.2. The second-order valence-corrected chi connectivity index (χ2v) is 6.54. The number of fused-ring (bicyclic) bond motifs is 1. The maximum atomic E-state index is 12.0. The Balaban J connectivity index is 1.73. The van der Waals surface area contributed by atoms with Crippen molar-refractivity contribution in [3.8, 4) is 0 Å². The predicted molar refractivity (Wildman–Crippen MR) is 81.6 cm³/mol. The molecule has 21 heavy (non-hydrogen) atoms.